The fourth-order valence-electron chi connectivity index (χ4n) is 3.80. The predicted molar refractivity (Wildman–Crippen MR) is 111 cm³/mol. The van der Waals surface area contributed by atoms with Gasteiger partial charge >= 0.3 is 0 Å². The Kier molecular flexibility index (Phi) is 5.08. The molecule has 0 spiro atoms. The van der Waals surface area contributed by atoms with Crippen LogP contribution in [0.25, 0.3) is 11.5 Å². The number of aromatic nitrogens is 2. The lowest BCUT2D eigenvalue weighted by Gasteiger charge is -2.27. The second-order valence-electron chi connectivity index (χ2n) is 7.35. The maximum absolute atomic E-state index is 12.8. The minimum atomic E-state index is -0.357. The van der Waals surface area contributed by atoms with Crippen LogP contribution >= 0.6 is 11.8 Å². The molecule has 2 aromatic carbocycles. The SMILES string of the molecule is CC(Sc1nnc(-c2ccc3c(c2)OCO3)o1)C(=O)NC1CCCc2ccccc21. The Morgan fingerprint density at radius 2 is 2.03 bits per heavy atom. The molecule has 5 rings (SSSR count). The number of rotatable bonds is 5. The van der Waals surface area contributed by atoms with E-state index < -0.39 is 0 Å². The number of nitrogens with one attached hydrogen (secondary N) is 1. The van der Waals surface area contributed by atoms with Crippen LogP contribution in [0, 0.1) is 0 Å². The summed E-state index contributed by atoms with van der Waals surface area (Å²) in [4.78, 5) is 12.8. The van der Waals surface area contributed by atoms with E-state index in [2.05, 4.69) is 33.7 Å². The Morgan fingerprint density at radius 3 is 2.97 bits per heavy atom. The summed E-state index contributed by atoms with van der Waals surface area (Å²) < 4.78 is 16.5. The molecule has 30 heavy (non-hydrogen) atoms. The molecule has 0 saturated carbocycles. The summed E-state index contributed by atoms with van der Waals surface area (Å²) in [7, 11) is 0. The fourth-order valence-corrected chi connectivity index (χ4v) is 4.49. The molecule has 2 unspecified atom stereocenters. The number of carbonyl (C=O) groups excluding carboxylic acids is 1. The first-order chi connectivity index (χ1) is 14.7. The molecule has 0 saturated heterocycles. The Bertz CT molecular complexity index is 1080. The average molecular weight is 423 g/mol. The smallest absolute Gasteiger partial charge is 0.277 e. The molecule has 2 atom stereocenters. The second kappa shape index (κ2) is 8.02. The summed E-state index contributed by atoms with van der Waals surface area (Å²) in [5.41, 5.74) is 3.28. The maximum atomic E-state index is 12.8. The minimum absolute atomic E-state index is 0.0375. The van der Waals surface area contributed by atoms with Crippen molar-refractivity contribution < 1.29 is 18.7 Å². The third-order valence-corrected chi connectivity index (χ3v) is 6.29. The highest BCUT2D eigenvalue weighted by atomic mass is 32.2. The number of thioether (sulfide) groups is 1. The molecule has 2 aliphatic rings. The van der Waals surface area contributed by atoms with Gasteiger partial charge in [-0.2, -0.15) is 0 Å². The van der Waals surface area contributed by atoms with E-state index in [0.29, 0.717) is 22.6 Å². The Morgan fingerprint density at radius 1 is 1.17 bits per heavy atom. The molecule has 0 bridgehead atoms. The third kappa shape index (κ3) is 3.75. The van der Waals surface area contributed by atoms with E-state index in [0.717, 1.165) is 24.8 Å². The molecule has 0 fully saturated rings. The van der Waals surface area contributed by atoms with Gasteiger partial charge in [0.1, 0.15) is 0 Å². The third-order valence-electron chi connectivity index (χ3n) is 5.36. The average Bonchev–Trinajstić information content (AvgIpc) is 3.42. The fraction of sp³-hybridized carbons (Fsp3) is 0.318. The number of aryl methyl sites for hydroxylation is 1. The van der Waals surface area contributed by atoms with Crippen molar-refractivity contribution in [3.63, 3.8) is 0 Å². The highest BCUT2D eigenvalue weighted by Crippen LogP contribution is 2.36. The lowest BCUT2D eigenvalue weighted by molar-refractivity contribution is -0.121. The van der Waals surface area contributed by atoms with Gasteiger partial charge in [0.25, 0.3) is 5.22 Å². The molecule has 8 heteroatoms. The van der Waals surface area contributed by atoms with Gasteiger partial charge in [-0.05, 0) is 55.5 Å². The van der Waals surface area contributed by atoms with E-state index in [-0.39, 0.29) is 24.0 Å². The van der Waals surface area contributed by atoms with Crippen molar-refractivity contribution in [2.45, 2.75) is 42.7 Å². The van der Waals surface area contributed by atoms with Gasteiger partial charge in [-0.15, -0.1) is 10.2 Å². The van der Waals surface area contributed by atoms with E-state index in [4.69, 9.17) is 13.9 Å². The van der Waals surface area contributed by atoms with Crippen LogP contribution in [0.4, 0.5) is 0 Å². The zero-order valence-corrected chi connectivity index (χ0v) is 17.3. The molecule has 1 N–H and O–H groups in total. The van der Waals surface area contributed by atoms with Crippen molar-refractivity contribution in [2.75, 3.05) is 6.79 Å². The normalized spacial score (nSPS) is 18.0. The standard InChI is InChI=1S/C22H21N3O4S/c1-13(20(26)23-17-8-4-6-14-5-2-3-7-16(14)17)30-22-25-24-21(29-22)15-9-10-18-19(11-15)28-12-27-18/h2-3,5,7,9-11,13,17H,4,6,8,12H2,1H3,(H,23,26). The largest absolute Gasteiger partial charge is 0.454 e. The Labute approximate surface area is 178 Å². The number of nitrogens with zero attached hydrogens (tertiary/aromatic N) is 2. The Hall–Kier alpha value is -3.00. The molecule has 1 aliphatic heterocycles. The van der Waals surface area contributed by atoms with Crippen molar-refractivity contribution in [3.8, 4) is 23.0 Å². The number of carbonyl (C=O) groups is 1. The zero-order valence-electron chi connectivity index (χ0n) is 16.5. The maximum Gasteiger partial charge on any atom is 0.277 e. The summed E-state index contributed by atoms with van der Waals surface area (Å²) in [6, 6.07) is 13.8. The summed E-state index contributed by atoms with van der Waals surface area (Å²) >= 11 is 1.25. The first-order valence-electron chi connectivity index (χ1n) is 9.96. The van der Waals surface area contributed by atoms with Crippen molar-refractivity contribution in [1.29, 1.82) is 0 Å². The van der Waals surface area contributed by atoms with Crippen LogP contribution in [-0.2, 0) is 11.2 Å². The van der Waals surface area contributed by atoms with Crippen molar-refractivity contribution >= 4 is 17.7 Å². The van der Waals surface area contributed by atoms with Crippen LogP contribution in [0.3, 0.4) is 0 Å². The van der Waals surface area contributed by atoms with Crippen LogP contribution in [0.5, 0.6) is 11.5 Å². The van der Waals surface area contributed by atoms with Gasteiger partial charge in [0.2, 0.25) is 18.6 Å². The van der Waals surface area contributed by atoms with Gasteiger partial charge in [0, 0.05) is 5.56 Å². The number of hydrogen-bond acceptors (Lipinski definition) is 7. The number of benzene rings is 2. The summed E-state index contributed by atoms with van der Waals surface area (Å²) in [5.74, 6) is 1.69. The molecule has 1 amide bonds. The number of amides is 1. The molecule has 0 radical (unpaired) electrons. The Balaban J connectivity index is 1.24. The summed E-state index contributed by atoms with van der Waals surface area (Å²) in [5, 5.41) is 11.4. The molecule has 154 valence electrons. The quantitative estimate of drug-likeness (QED) is 0.617. The lowest BCUT2D eigenvalue weighted by Crippen LogP contribution is -2.35. The number of ether oxygens (including phenoxy) is 2. The monoisotopic (exact) mass is 423 g/mol. The zero-order chi connectivity index (χ0) is 20.5. The topological polar surface area (TPSA) is 86.5 Å². The number of fused-ring (bicyclic) bond motifs is 2. The first-order valence-corrected chi connectivity index (χ1v) is 10.8. The molecule has 1 aromatic heterocycles. The summed E-state index contributed by atoms with van der Waals surface area (Å²) in [6.07, 6.45) is 3.10. The van der Waals surface area contributed by atoms with E-state index in [1.165, 1.54) is 22.9 Å². The number of hydrogen-bond donors (Lipinski definition) is 1. The minimum Gasteiger partial charge on any atom is -0.454 e. The van der Waals surface area contributed by atoms with E-state index >= 15 is 0 Å². The molecule has 3 aromatic rings. The van der Waals surface area contributed by atoms with Gasteiger partial charge < -0.3 is 19.2 Å². The van der Waals surface area contributed by atoms with Crippen LogP contribution in [-0.4, -0.2) is 28.1 Å². The second-order valence-corrected chi connectivity index (χ2v) is 8.65. The molecular formula is C22H21N3O4S. The first kappa shape index (κ1) is 19.0. The van der Waals surface area contributed by atoms with Crippen LogP contribution in [0.1, 0.15) is 36.9 Å². The van der Waals surface area contributed by atoms with E-state index in [1.807, 2.05) is 25.1 Å². The van der Waals surface area contributed by atoms with Crippen LogP contribution < -0.4 is 14.8 Å². The van der Waals surface area contributed by atoms with Gasteiger partial charge in [-0.25, -0.2) is 0 Å². The van der Waals surface area contributed by atoms with E-state index in [1.54, 1.807) is 6.07 Å². The lowest BCUT2D eigenvalue weighted by atomic mass is 9.88. The van der Waals surface area contributed by atoms with Crippen LogP contribution in [0.2, 0.25) is 0 Å². The van der Waals surface area contributed by atoms with Crippen molar-refractivity contribution in [2.24, 2.45) is 0 Å². The van der Waals surface area contributed by atoms with Gasteiger partial charge in [-0.3, -0.25) is 4.79 Å². The predicted octanol–water partition coefficient (Wildman–Crippen LogP) is 4.14. The van der Waals surface area contributed by atoms with E-state index in [9.17, 15) is 4.79 Å². The van der Waals surface area contributed by atoms with Crippen LogP contribution in [0.15, 0.2) is 52.1 Å². The summed E-state index contributed by atoms with van der Waals surface area (Å²) in [6.45, 7) is 2.06. The van der Waals surface area contributed by atoms with Crippen molar-refractivity contribution in [3.05, 3.63) is 53.6 Å². The van der Waals surface area contributed by atoms with Gasteiger partial charge in [0.05, 0.1) is 11.3 Å². The van der Waals surface area contributed by atoms with Gasteiger partial charge in [0.15, 0.2) is 11.5 Å². The molecule has 2 heterocycles. The molecule has 1 aliphatic carbocycles. The highest BCUT2D eigenvalue weighted by molar-refractivity contribution is 8.00. The van der Waals surface area contributed by atoms with Crippen molar-refractivity contribution in [1.82, 2.24) is 15.5 Å². The molecule has 7 nitrogen and oxygen atoms in total. The highest BCUT2D eigenvalue weighted by Gasteiger charge is 2.25. The van der Waals surface area contributed by atoms with Gasteiger partial charge in [-0.1, -0.05) is 36.0 Å². The molecular weight excluding hydrogens is 402 g/mol.